The van der Waals surface area contributed by atoms with E-state index in [1.165, 1.54) is 5.01 Å². The van der Waals surface area contributed by atoms with Gasteiger partial charge in [0.1, 0.15) is 12.4 Å². The number of hydrogen-bond acceptors (Lipinski definition) is 3. The average molecular weight is 699 g/mol. The largest absolute Gasteiger partial charge is 0.487 e. The van der Waals surface area contributed by atoms with Gasteiger partial charge in [0.05, 0.1) is 24.1 Å². The number of carbonyl (C=O) groups is 1. The number of ether oxygens (including phenoxy) is 1. The number of hydrazone groups is 1. The Balaban J connectivity index is 1.55. The van der Waals surface area contributed by atoms with Gasteiger partial charge in [0, 0.05) is 4.47 Å². The molecule has 1 aliphatic rings. The Labute approximate surface area is 216 Å². The molecule has 1 amide bonds. The zero-order chi connectivity index (χ0) is 22.0. The number of nitrogens with zero attached hydrogens (tertiary/aromatic N) is 2. The maximum Gasteiger partial charge on any atom is 0.280 e. The minimum absolute atomic E-state index is 0.121. The van der Waals surface area contributed by atoms with E-state index in [9.17, 15) is 4.79 Å². The maximum absolute atomic E-state index is 13.0. The van der Waals surface area contributed by atoms with Crippen molar-refractivity contribution < 1.29 is 9.53 Å². The summed E-state index contributed by atoms with van der Waals surface area (Å²) in [6.07, 6.45) is 1.90. The first-order valence-corrected chi connectivity index (χ1v) is 12.4. The van der Waals surface area contributed by atoms with Crippen LogP contribution in [0.4, 0.5) is 5.69 Å². The van der Waals surface area contributed by atoms with E-state index in [1.54, 1.807) is 0 Å². The molecule has 1 aliphatic heterocycles. The van der Waals surface area contributed by atoms with E-state index in [-0.39, 0.29) is 5.91 Å². The van der Waals surface area contributed by atoms with Crippen LogP contribution in [0.25, 0.3) is 6.08 Å². The minimum atomic E-state index is -0.121. The van der Waals surface area contributed by atoms with Gasteiger partial charge >= 0.3 is 0 Å². The molecule has 0 bridgehead atoms. The summed E-state index contributed by atoms with van der Waals surface area (Å²) in [5, 5.41) is 5.90. The summed E-state index contributed by atoms with van der Waals surface area (Å²) in [6.45, 7) is 2.36. The minimum Gasteiger partial charge on any atom is -0.487 e. The summed E-state index contributed by atoms with van der Waals surface area (Å²) in [5.41, 5.74) is 4.10. The standard InChI is InChI=1S/C24H17BrI2N2O2/c1-15-20(24(30)29(28-15)19-5-3-2-4-6-19)11-17-12-21(26)23(22(27)13-17)31-14-16-7-9-18(25)10-8-16/h2-13H,14H2,1H3/b20-11+. The molecule has 4 nitrogen and oxygen atoms in total. The van der Waals surface area contributed by atoms with Gasteiger partial charge < -0.3 is 4.74 Å². The molecule has 0 aliphatic carbocycles. The number of hydrogen-bond donors (Lipinski definition) is 0. The predicted octanol–water partition coefficient (Wildman–Crippen LogP) is 7.04. The third kappa shape index (κ3) is 5.20. The molecule has 3 aromatic carbocycles. The van der Waals surface area contributed by atoms with Crippen LogP contribution in [0.3, 0.4) is 0 Å². The highest BCUT2D eigenvalue weighted by Crippen LogP contribution is 2.32. The first kappa shape index (κ1) is 22.5. The van der Waals surface area contributed by atoms with E-state index in [0.29, 0.717) is 17.9 Å². The van der Waals surface area contributed by atoms with Gasteiger partial charge in [0.2, 0.25) is 0 Å². The third-order valence-electron chi connectivity index (χ3n) is 4.69. The van der Waals surface area contributed by atoms with Gasteiger partial charge in [-0.25, -0.2) is 0 Å². The molecule has 1 heterocycles. The zero-order valence-corrected chi connectivity index (χ0v) is 22.4. The second-order valence-corrected chi connectivity index (χ2v) is 10.2. The normalized spacial score (nSPS) is 14.8. The summed E-state index contributed by atoms with van der Waals surface area (Å²) in [4.78, 5) is 13.0. The van der Waals surface area contributed by atoms with Gasteiger partial charge in [-0.05, 0) is 106 Å². The summed E-state index contributed by atoms with van der Waals surface area (Å²) in [7, 11) is 0. The molecule has 156 valence electrons. The van der Waals surface area contributed by atoms with E-state index in [4.69, 9.17) is 4.74 Å². The fourth-order valence-electron chi connectivity index (χ4n) is 3.13. The van der Waals surface area contributed by atoms with Crippen molar-refractivity contribution >= 4 is 84.5 Å². The molecule has 0 spiro atoms. The van der Waals surface area contributed by atoms with Crippen LogP contribution < -0.4 is 9.75 Å². The Kier molecular flexibility index (Phi) is 7.12. The lowest BCUT2D eigenvalue weighted by molar-refractivity contribution is -0.114. The molecule has 0 radical (unpaired) electrons. The topological polar surface area (TPSA) is 41.9 Å². The smallest absolute Gasteiger partial charge is 0.280 e. The molecule has 0 aromatic heterocycles. The molecule has 0 saturated carbocycles. The van der Waals surface area contributed by atoms with Crippen LogP contribution >= 0.6 is 61.1 Å². The van der Waals surface area contributed by atoms with Crippen molar-refractivity contribution in [2.24, 2.45) is 5.10 Å². The van der Waals surface area contributed by atoms with Crippen molar-refractivity contribution in [1.82, 2.24) is 0 Å². The second kappa shape index (κ2) is 9.83. The molecule has 0 fully saturated rings. The van der Waals surface area contributed by atoms with Gasteiger partial charge in [0.15, 0.2) is 0 Å². The van der Waals surface area contributed by atoms with E-state index >= 15 is 0 Å². The van der Waals surface area contributed by atoms with Crippen LogP contribution in [0.1, 0.15) is 18.1 Å². The highest BCUT2D eigenvalue weighted by molar-refractivity contribution is 14.1. The van der Waals surface area contributed by atoms with Crippen LogP contribution in [0, 0.1) is 7.14 Å². The van der Waals surface area contributed by atoms with Crippen LogP contribution in [0.2, 0.25) is 0 Å². The Morgan fingerprint density at radius 1 is 1.03 bits per heavy atom. The average Bonchev–Trinajstić information content (AvgIpc) is 3.03. The number of amides is 1. The molecule has 0 atom stereocenters. The molecule has 0 N–H and O–H groups in total. The number of carbonyl (C=O) groups excluding carboxylic acids is 1. The first-order valence-electron chi connectivity index (χ1n) is 9.45. The Bertz CT molecular complexity index is 1170. The van der Waals surface area contributed by atoms with E-state index < -0.39 is 0 Å². The van der Waals surface area contributed by atoms with Gasteiger partial charge in [-0.15, -0.1) is 0 Å². The number of rotatable bonds is 5. The quantitative estimate of drug-likeness (QED) is 0.212. The predicted molar refractivity (Wildman–Crippen MR) is 145 cm³/mol. The van der Waals surface area contributed by atoms with Gasteiger partial charge in [-0.1, -0.05) is 46.3 Å². The molecule has 0 saturated heterocycles. The van der Waals surface area contributed by atoms with Crippen molar-refractivity contribution in [3.8, 4) is 5.75 Å². The van der Waals surface area contributed by atoms with Gasteiger partial charge in [-0.2, -0.15) is 10.1 Å². The molecular weight excluding hydrogens is 682 g/mol. The highest BCUT2D eigenvalue weighted by atomic mass is 127. The van der Waals surface area contributed by atoms with Gasteiger partial charge in [0.25, 0.3) is 5.91 Å². The Morgan fingerprint density at radius 3 is 2.32 bits per heavy atom. The zero-order valence-electron chi connectivity index (χ0n) is 16.5. The molecule has 3 aromatic rings. The maximum atomic E-state index is 13.0. The highest BCUT2D eigenvalue weighted by Gasteiger charge is 2.28. The summed E-state index contributed by atoms with van der Waals surface area (Å²) >= 11 is 8.01. The summed E-state index contributed by atoms with van der Waals surface area (Å²) in [5.74, 6) is 0.726. The van der Waals surface area contributed by atoms with E-state index in [2.05, 4.69) is 66.2 Å². The lowest BCUT2D eigenvalue weighted by Gasteiger charge is -2.12. The molecule has 0 unspecified atom stereocenters. The third-order valence-corrected chi connectivity index (χ3v) is 6.82. The monoisotopic (exact) mass is 698 g/mol. The van der Waals surface area contributed by atoms with Crippen molar-refractivity contribution in [2.75, 3.05) is 5.01 Å². The Morgan fingerprint density at radius 2 is 1.68 bits per heavy atom. The van der Waals surface area contributed by atoms with E-state index in [1.807, 2.05) is 79.7 Å². The van der Waals surface area contributed by atoms with Crippen LogP contribution in [-0.4, -0.2) is 11.6 Å². The molecule has 7 heteroatoms. The number of para-hydroxylation sites is 1. The van der Waals surface area contributed by atoms with E-state index in [0.717, 1.165) is 34.2 Å². The first-order chi connectivity index (χ1) is 14.9. The van der Waals surface area contributed by atoms with Crippen LogP contribution in [0.15, 0.2) is 81.9 Å². The number of benzene rings is 3. The summed E-state index contributed by atoms with van der Waals surface area (Å²) in [6, 6.07) is 21.6. The van der Waals surface area contributed by atoms with Crippen molar-refractivity contribution in [3.05, 3.63) is 95.0 Å². The molecule has 4 rings (SSSR count). The van der Waals surface area contributed by atoms with Crippen molar-refractivity contribution in [3.63, 3.8) is 0 Å². The molecule has 31 heavy (non-hydrogen) atoms. The fourth-order valence-corrected chi connectivity index (χ4v) is 5.52. The van der Waals surface area contributed by atoms with Crippen molar-refractivity contribution in [1.29, 1.82) is 0 Å². The SMILES string of the molecule is CC1=NN(c2ccccc2)C(=O)/C1=C/c1cc(I)c(OCc2ccc(Br)cc2)c(I)c1. The number of halogens is 3. The lowest BCUT2D eigenvalue weighted by Crippen LogP contribution is -2.21. The molecular formula is C24H17BrI2N2O2. The number of anilines is 1. The van der Waals surface area contributed by atoms with Crippen LogP contribution in [0.5, 0.6) is 5.75 Å². The lowest BCUT2D eigenvalue weighted by atomic mass is 10.1. The second-order valence-electron chi connectivity index (χ2n) is 6.92. The van der Waals surface area contributed by atoms with Crippen LogP contribution in [-0.2, 0) is 11.4 Å². The van der Waals surface area contributed by atoms with Gasteiger partial charge in [-0.3, -0.25) is 4.79 Å². The Hall–Kier alpha value is -1.72. The summed E-state index contributed by atoms with van der Waals surface area (Å²) < 4.78 is 9.12. The fraction of sp³-hybridized carbons (Fsp3) is 0.0833. The van der Waals surface area contributed by atoms with Crippen molar-refractivity contribution in [2.45, 2.75) is 13.5 Å².